The fourth-order valence-electron chi connectivity index (χ4n) is 4.77. The van der Waals surface area contributed by atoms with Crippen LogP contribution in [0.1, 0.15) is 6.42 Å². The van der Waals surface area contributed by atoms with Gasteiger partial charge in [0.05, 0.1) is 24.6 Å². The minimum absolute atomic E-state index is 0.00827. The van der Waals surface area contributed by atoms with Crippen molar-refractivity contribution < 1.29 is 19.4 Å². The lowest BCUT2D eigenvalue weighted by Crippen LogP contribution is -2.52. The summed E-state index contributed by atoms with van der Waals surface area (Å²) in [5, 5.41) is 9.57. The lowest BCUT2D eigenvalue weighted by atomic mass is 9.82. The third-order valence-electron chi connectivity index (χ3n) is 6.05. The number of benzene rings is 1. The molecule has 0 radical (unpaired) electrons. The number of carboxylic acid groups (broad SMARTS) is 1. The summed E-state index contributed by atoms with van der Waals surface area (Å²) in [5.74, 6) is -0.870. The fourth-order valence-corrected chi connectivity index (χ4v) is 4.77. The molecule has 3 aliphatic rings. The number of carbonyl (C=O) groups is 2. The van der Waals surface area contributed by atoms with Crippen LogP contribution in [0.3, 0.4) is 0 Å². The number of hydrogen-bond donors (Lipinski definition) is 1. The van der Waals surface area contributed by atoms with Gasteiger partial charge in [0, 0.05) is 26.2 Å². The van der Waals surface area contributed by atoms with Gasteiger partial charge >= 0.3 is 5.97 Å². The topological polar surface area (TPSA) is 70.1 Å². The molecule has 1 aromatic rings. The summed E-state index contributed by atoms with van der Waals surface area (Å²) in [5.41, 5.74) is 1.04. The number of rotatable bonds is 4. The highest BCUT2D eigenvalue weighted by molar-refractivity contribution is 5.87. The van der Waals surface area contributed by atoms with Crippen LogP contribution in [-0.4, -0.2) is 55.2 Å². The molecule has 4 atom stereocenters. The van der Waals surface area contributed by atoms with Crippen LogP contribution in [0.4, 0.5) is 5.69 Å². The van der Waals surface area contributed by atoms with Gasteiger partial charge < -0.3 is 19.6 Å². The quantitative estimate of drug-likeness (QED) is 0.834. The van der Waals surface area contributed by atoms with Crippen LogP contribution < -0.4 is 9.64 Å². The van der Waals surface area contributed by atoms with Crippen LogP contribution in [0.5, 0.6) is 5.75 Å². The normalized spacial score (nSPS) is 29.9. The predicted molar refractivity (Wildman–Crippen MR) is 97.1 cm³/mol. The summed E-state index contributed by atoms with van der Waals surface area (Å²) in [6.07, 6.45) is 4.82. The third-order valence-corrected chi connectivity index (χ3v) is 6.05. The van der Waals surface area contributed by atoms with E-state index in [9.17, 15) is 14.7 Å². The molecular formula is C20H24N2O4. The number of anilines is 1. The fraction of sp³-hybridized carbons (Fsp3) is 0.500. The highest BCUT2D eigenvalue weighted by atomic mass is 16.5. The van der Waals surface area contributed by atoms with Gasteiger partial charge in [0.25, 0.3) is 0 Å². The van der Waals surface area contributed by atoms with E-state index in [2.05, 4.69) is 4.90 Å². The molecule has 0 aromatic heterocycles. The number of fused-ring (bicyclic) bond motifs is 2. The summed E-state index contributed by atoms with van der Waals surface area (Å²) in [7, 11) is 1.66. The summed E-state index contributed by atoms with van der Waals surface area (Å²) in [4.78, 5) is 28.8. The van der Waals surface area contributed by atoms with Crippen LogP contribution in [0, 0.1) is 23.7 Å². The first kappa shape index (κ1) is 16.9. The predicted octanol–water partition coefficient (Wildman–Crippen LogP) is 1.87. The molecule has 1 heterocycles. The number of hydrogen-bond acceptors (Lipinski definition) is 4. The molecular weight excluding hydrogens is 332 g/mol. The van der Waals surface area contributed by atoms with Gasteiger partial charge in [-0.2, -0.15) is 0 Å². The zero-order valence-electron chi connectivity index (χ0n) is 14.9. The zero-order valence-corrected chi connectivity index (χ0v) is 14.9. The molecule has 2 aliphatic carbocycles. The van der Waals surface area contributed by atoms with Crippen LogP contribution in [0.15, 0.2) is 36.4 Å². The van der Waals surface area contributed by atoms with E-state index in [1.807, 2.05) is 41.3 Å². The summed E-state index contributed by atoms with van der Waals surface area (Å²) in [6.45, 7) is 2.67. The molecule has 2 fully saturated rings. The molecule has 1 N–H and O–H groups in total. The molecule has 6 nitrogen and oxygen atoms in total. The lowest BCUT2D eigenvalue weighted by molar-refractivity contribution is -0.151. The van der Waals surface area contributed by atoms with Gasteiger partial charge in [-0.3, -0.25) is 9.59 Å². The molecule has 138 valence electrons. The van der Waals surface area contributed by atoms with Gasteiger partial charge in [0.2, 0.25) is 5.91 Å². The van der Waals surface area contributed by atoms with Gasteiger partial charge in [-0.1, -0.05) is 24.3 Å². The van der Waals surface area contributed by atoms with E-state index in [1.54, 1.807) is 7.11 Å². The minimum atomic E-state index is -0.840. The van der Waals surface area contributed by atoms with E-state index in [4.69, 9.17) is 4.74 Å². The van der Waals surface area contributed by atoms with Gasteiger partial charge in [-0.25, -0.2) is 0 Å². The van der Waals surface area contributed by atoms with Crippen molar-refractivity contribution in [2.24, 2.45) is 23.7 Å². The molecule has 1 aromatic carbocycles. The number of aliphatic carboxylic acids is 1. The van der Waals surface area contributed by atoms with Crippen molar-refractivity contribution in [3.63, 3.8) is 0 Å². The summed E-state index contributed by atoms with van der Waals surface area (Å²) in [6, 6.07) is 7.88. The maximum Gasteiger partial charge on any atom is 0.307 e. The number of methoxy groups -OCH3 is 1. The third kappa shape index (κ3) is 2.73. The molecule has 1 amide bonds. The Morgan fingerprint density at radius 1 is 1.04 bits per heavy atom. The number of amides is 1. The number of nitrogens with zero attached hydrogens (tertiary/aromatic N) is 2. The van der Waals surface area contributed by atoms with E-state index < -0.39 is 17.8 Å². The SMILES string of the molecule is COc1ccccc1N1CCN(C(=O)[C@@H]2[C@@H](C(=O)O)[C@H]3C=C[C@H]2C3)CC1. The number of ether oxygens (including phenoxy) is 1. The Kier molecular flexibility index (Phi) is 4.34. The molecule has 0 spiro atoms. The number of carbonyl (C=O) groups excluding carboxylic acids is 1. The highest BCUT2D eigenvalue weighted by Crippen LogP contribution is 2.48. The van der Waals surface area contributed by atoms with Crippen molar-refractivity contribution in [3.8, 4) is 5.75 Å². The second-order valence-electron chi connectivity index (χ2n) is 7.32. The molecule has 26 heavy (non-hydrogen) atoms. The lowest BCUT2D eigenvalue weighted by Gasteiger charge is -2.39. The molecule has 2 bridgehead atoms. The monoisotopic (exact) mass is 356 g/mol. The first-order chi connectivity index (χ1) is 12.6. The summed E-state index contributed by atoms with van der Waals surface area (Å²) < 4.78 is 5.43. The maximum atomic E-state index is 13.1. The minimum Gasteiger partial charge on any atom is -0.495 e. The van der Waals surface area contributed by atoms with Crippen molar-refractivity contribution in [1.82, 2.24) is 4.90 Å². The van der Waals surface area contributed by atoms with Crippen LogP contribution in [0.25, 0.3) is 0 Å². The van der Waals surface area contributed by atoms with Crippen molar-refractivity contribution >= 4 is 17.6 Å². The zero-order chi connectivity index (χ0) is 18.3. The van der Waals surface area contributed by atoms with E-state index in [0.29, 0.717) is 13.1 Å². The molecule has 1 saturated carbocycles. The molecule has 0 unspecified atom stereocenters. The molecule has 1 saturated heterocycles. The Labute approximate surface area is 153 Å². The first-order valence-corrected chi connectivity index (χ1v) is 9.18. The second kappa shape index (κ2) is 6.67. The number of piperazine rings is 1. The van der Waals surface area contributed by atoms with Crippen LogP contribution in [-0.2, 0) is 9.59 Å². The van der Waals surface area contributed by atoms with E-state index in [1.165, 1.54) is 0 Å². The van der Waals surface area contributed by atoms with Crippen molar-refractivity contribution in [3.05, 3.63) is 36.4 Å². The van der Waals surface area contributed by atoms with Crippen LogP contribution in [0.2, 0.25) is 0 Å². The average molecular weight is 356 g/mol. The van der Waals surface area contributed by atoms with Gasteiger partial charge in [-0.15, -0.1) is 0 Å². The van der Waals surface area contributed by atoms with E-state index >= 15 is 0 Å². The Bertz CT molecular complexity index is 739. The number of para-hydroxylation sites is 2. The number of allylic oxidation sites excluding steroid dienone is 2. The van der Waals surface area contributed by atoms with E-state index in [-0.39, 0.29) is 17.7 Å². The van der Waals surface area contributed by atoms with Crippen LogP contribution >= 0.6 is 0 Å². The molecule has 6 heteroatoms. The molecule has 1 aliphatic heterocycles. The maximum absolute atomic E-state index is 13.1. The van der Waals surface area contributed by atoms with Crippen molar-refractivity contribution in [2.45, 2.75) is 6.42 Å². The number of carboxylic acids is 1. The van der Waals surface area contributed by atoms with Crippen molar-refractivity contribution in [1.29, 1.82) is 0 Å². The highest BCUT2D eigenvalue weighted by Gasteiger charge is 2.52. The standard InChI is InChI=1S/C20H24N2O4/c1-26-16-5-3-2-4-15(16)21-8-10-22(11-9-21)19(23)17-13-6-7-14(12-13)18(17)20(24)25/h2-7,13-14,17-18H,8-12H2,1H3,(H,24,25)/t13-,14-,17-,18-/m0/s1. The smallest absolute Gasteiger partial charge is 0.307 e. The largest absolute Gasteiger partial charge is 0.495 e. The Balaban J connectivity index is 1.44. The Hall–Kier alpha value is -2.50. The second-order valence-corrected chi connectivity index (χ2v) is 7.32. The van der Waals surface area contributed by atoms with Gasteiger partial charge in [0.15, 0.2) is 0 Å². The van der Waals surface area contributed by atoms with Crippen molar-refractivity contribution in [2.75, 3.05) is 38.2 Å². The molecule has 4 rings (SSSR count). The Morgan fingerprint density at radius 3 is 2.35 bits per heavy atom. The first-order valence-electron chi connectivity index (χ1n) is 9.18. The Morgan fingerprint density at radius 2 is 1.69 bits per heavy atom. The van der Waals surface area contributed by atoms with E-state index in [0.717, 1.165) is 30.9 Å². The van der Waals surface area contributed by atoms with Gasteiger partial charge in [0.1, 0.15) is 5.75 Å². The summed E-state index contributed by atoms with van der Waals surface area (Å²) >= 11 is 0. The average Bonchev–Trinajstić information content (AvgIpc) is 3.29. The van der Waals surface area contributed by atoms with Gasteiger partial charge in [-0.05, 0) is 30.4 Å².